The van der Waals surface area contributed by atoms with E-state index >= 15 is 0 Å². The Hall–Kier alpha value is -3.92. The van der Waals surface area contributed by atoms with Gasteiger partial charge in [0, 0.05) is 12.0 Å². The van der Waals surface area contributed by atoms with Crippen molar-refractivity contribution in [3.63, 3.8) is 0 Å². The molecule has 2 atom stereocenters. The summed E-state index contributed by atoms with van der Waals surface area (Å²) in [5.74, 6) is -0.636. The normalized spacial score (nSPS) is 21.6. The molecule has 1 fully saturated rings. The van der Waals surface area contributed by atoms with E-state index in [-0.39, 0.29) is 28.4 Å². The van der Waals surface area contributed by atoms with Gasteiger partial charge >= 0.3 is 12.3 Å². The highest BCUT2D eigenvalue weighted by Gasteiger charge is 2.53. The molecule has 0 radical (unpaired) electrons. The van der Waals surface area contributed by atoms with E-state index < -0.39 is 29.8 Å². The van der Waals surface area contributed by atoms with Crippen LogP contribution in [0.25, 0.3) is 0 Å². The highest BCUT2D eigenvalue weighted by molar-refractivity contribution is 6.29. The summed E-state index contributed by atoms with van der Waals surface area (Å²) in [6, 6.07) is 14.2. The zero-order valence-corrected chi connectivity index (χ0v) is 20.8. The number of amides is 1. The van der Waals surface area contributed by atoms with Crippen LogP contribution in [0.2, 0.25) is 5.15 Å². The number of alkyl halides is 2. The van der Waals surface area contributed by atoms with E-state index in [2.05, 4.69) is 19.8 Å². The van der Waals surface area contributed by atoms with Gasteiger partial charge in [0.15, 0.2) is 11.5 Å². The molecule has 1 aliphatic carbocycles. The van der Waals surface area contributed by atoms with Crippen LogP contribution in [0.3, 0.4) is 0 Å². The van der Waals surface area contributed by atoms with Gasteiger partial charge < -0.3 is 24.3 Å². The minimum atomic E-state index is -3.74. The molecule has 0 unspecified atom stereocenters. The SMILES string of the molecule is COC(=O)c1cccc([C@H]2C[C@@H](NC(=O)C3(c4ccc5c(c4)OC(F)(F)O5)CC3)c3ccc(Cl)nc3O2)c1. The number of nitrogens with one attached hydrogen (secondary N) is 1. The van der Waals surface area contributed by atoms with E-state index in [1.54, 1.807) is 36.4 Å². The maximum atomic E-state index is 13.6. The van der Waals surface area contributed by atoms with E-state index in [1.807, 2.05) is 6.07 Å². The predicted octanol–water partition coefficient (Wildman–Crippen LogP) is 5.26. The van der Waals surface area contributed by atoms with Crippen LogP contribution in [0.15, 0.2) is 54.6 Å². The van der Waals surface area contributed by atoms with Crippen molar-refractivity contribution in [3.8, 4) is 17.4 Å². The van der Waals surface area contributed by atoms with Crippen LogP contribution in [-0.4, -0.2) is 30.3 Å². The summed E-state index contributed by atoms with van der Waals surface area (Å²) in [7, 11) is 1.30. The molecule has 1 aromatic heterocycles. The van der Waals surface area contributed by atoms with Crippen molar-refractivity contribution in [2.75, 3.05) is 7.11 Å². The molecule has 1 saturated carbocycles. The standard InChI is InChI=1S/C27H21ClF2N2O6/c1-35-24(33)15-4-2-3-14(11-15)20-13-18(17-6-8-22(28)32-23(17)36-20)31-25(34)26(9-10-26)16-5-7-19-21(12-16)38-27(29,30)37-19/h2-8,11-12,18,20H,9-10,13H2,1H3,(H,31,34)/t18-,20-/m1/s1. The molecule has 196 valence electrons. The molecule has 1 N–H and O–H groups in total. The third-order valence-corrected chi connectivity index (χ3v) is 7.27. The zero-order chi connectivity index (χ0) is 26.7. The van der Waals surface area contributed by atoms with E-state index in [4.69, 9.17) is 21.1 Å². The Morgan fingerprint density at radius 2 is 1.87 bits per heavy atom. The van der Waals surface area contributed by atoms with Crippen molar-refractivity contribution in [2.24, 2.45) is 0 Å². The van der Waals surface area contributed by atoms with Gasteiger partial charge in [-0.05, 0) is 60.4 Å². The molecule has 3 heterocycles. The molecule has 0 spiro atoms. The Labute approximate surface area is 220 Å². The number of benzene rings is 2. The van der Waals surface area contributed by atoms with Crippen molar-refractivity contribution < 1.29 is 37.3 Å². The molecule has 0 bridgehead atoms. The molecule has 11 heteroatoms. The number of nitrogens with zero attached hydrogens (tertiary/aromatic N) is 1. The number of ether oxygens (including phenoxy) is 4. The fourth-order valence-electron chi connectivity index (χ4n) is 4.95. The number of rotatable bonds is 5. The second-order valence-corrected chi connectivity index (χ2v) is 9.81. The van der Waals surface area contributed by atoms with Crippen molar-refractivity contribution in [1.82, 2.24) is 10.3 Å². The highest BCUT2D eigenvalue weighted by atomic mass is 35.5. The van der Waals surface area contributed by atoms with Gasteiger partial charge in [-0.15, -0.1) is 8.78 Å². The first-order chi connectivity index (χ1) is 18.2. The summed E-state index contributed by atoms with van der Waals surface area (Å²) < 4.78 is 47.0. The van der Waals surface area contributed by atoms with Gasteiger partial charge in [-0.3, -0.25) is 4.79 Å². The molecule has 2 aliphatic heterocycles. The minimum Gasteiger partial charge on any atom is -0.469 e. The zero-order valence-electron chi connectivity index (χ0n) is 20.0. The lowest BCUT2D eigenvalue weighted by Crippen LogP contribution is -2.39. The van der Waals surface area contributed by atoms with E-state index in [0.29, 0.717) is 41.5 Å². The van der Waals surface area contributed by atoms with Gasteiger partial charge in [0.2, 0.25) is 11.8 Å². The van der Waals surface area contributed by atoms with Crippen LogP contribution < -0.4 is 19.5 Å². The second kappa shape index (κ2) is 8.83. The number of esters is 1. The lowest BCUT2D eigenvalue weighted by Gasteiger charge is -2.33. The van der Waals surface area contributed by atoms with E-state index in [1.165, 1.54) is 19.2 Å². The molecular weight excluding hydrogens is 522 g/mol. The van der Waals surface area contributed by atoms with Crippen molar-refractivity contribution in [1.29, 1.82) is 0 Å². The Morgan fingerprint density at radius 3 is 2.63 bits per heavy atom. The number of methoxy groups -OCH3 is 1. The lowest BCUT2D eigenvalue weighted by atomic mass is 9.91. The number of fused-ring (bicyclic) bond motifs is 2. The first kappa shape index (κ1) is 24.4. The van der Waals surface area contributed by atoms with Crippen LogP contribution in [0.1, 0.15) is 58.5 Å². The predicted molar refractivity (Wildman–Crippen MR) is 129 cm³/mol. The molecular formula is C27H21ClF2N2O6. The summed E-state index contributed by atoms with van der Waals surface area (Å²) in [5.41, 5.74) is 1.42. The topological polar surface area (TPSA) is 96.0 Å². The average molecular weight is 543 g/mol. The molecule has 8 nitrogen and oxygen atoms in total. The molecule has 3 aromatic rings. The maximum absolute atomic E-state index is 13.6. The third-order valence-electron chi connectivity index (χ3n) is 7.06. The van der Waals surface area contributed by atoms with Crippen molar-refractivity contribution >= 4 is 23.5 Å². The Balaban J connectivity index is 1.28. The van der Waals surface area contributed by atoms with Gasteiger partial charge in [0.25, 0.3) is 0 Å². The largest absolute Gasteiger partial charge is 0.586 e. The summed E-state index contributed by atoms with van der Waals surface area (Å²) in [5, 5.41) is 3.34. The Morgan fingerprint density at radius 1 is 1.08 bits per heavy atom. The van der Waals surface area contributed by atoms with Crippen LogP contribution in [0.4, 0.5) is 8.78 Å². The molecule has 2 aromatic carbocycles. The fraction of sp³-hybridized carbons (Fsp3) is 0.296. The second-order valence-electron chi connectivity index (χ2n) is 9.42. The smallest absolute Gasteiger partial charge is 0.469 e. The fourth-order valence-corrected chi connectivity index (χ4v) is 5.09. The minimum absolute atomic E-state index is 0.0757. The van der Waals surface area contributed by atoms with Crippen LogP contribution in [0.5, 0.6) is 17.4 Å². The number of hydrogen-bond acceptors (Lipinski definition) is 7. The summed E-state index contributed by atoms with van der Waals surface area (Å²) in [6.07, 6.45) is -2.81. The average Bonchev–Trinajstić information content (AvgIpc) is 3.65. The third kappa shape index (κ3) is 4.28. The Kier molecular flexibility index (Phi) is 5.68. The highest BCUT2D eigenvalue weighted by Crippen LogP contribution is 2.52. The van der Waals surface area contributed by atoms with Crippen LogP contribution in [0, 0.1) is 0 Å². The number of carbonyl (C=O) groups excluding carboxylic acids is 2. The number of halogens is 3. The number of pyridine rings is 1. The van der Waals surface area contributed by atoms with Gasteiger partial charge in [-0.1, -0.05) is 29.8 Å². The summed E-state index contributed by atoms with van der Waals surface area (Å²) >= 11 is 6.12. The molecule has 1 amide bonds. The summed E-state index contributed by atoms with van der Waals surface area (Å²) in [4.78, 5) is 30.0. The maximum Gasteiger partial charge on any atom is 0.586 e. The molecule has 6 rings (SSSR count). The van der Waals surface area contributed by atoms with E-state index in [0.717, 1.165) is 0 Å². The van der Waals surface area contributed by atoms with Crippen molar-refractivity contribution in [2.45, 2.75) is 43.1 Å². The van der Waals surface area contributed by atoms with Gasteiger partial charge in [0.05, 0.1) is 24.1 Å². The van der Waals surface area contributed by atoms with Crippen molar-refractivity contribution in [3.05, 3.63) is 82.0 Å². The Bertz CT molecular complexity index is 1460. The van der Waals surface area contributed by atoms with Gasteiger partial charge in [-0.25, -0.2) is 9.78 Å². The van der Waals surface area contributed by atoms with Crippen LogP contribution in [-0.2, 0) is 14.9 Å². The number of carbonyl (C=O) groups is 2. The quantitative estimate of drug-likeness (QED) is 0.347. The monoisotopic (exact) mass is 542 g/mol. The molecule has 0 saturated heterocycles. The first-order valence-corrected chi connectivity index (χ1v) is 12.3. The molecule has 3 aliphatic rings. The van der Waals surface area contributed by atoms with E-state index in [9.17, 15) is 18.4 Å². The number of hydrogen-bond donors (Lipinski definition) is 1. The first-order valence-electron chi connectivity index (χ1n) is 11.9. The van der Waals surface area contributed by atoms with Gasteiger partial charge in [-0.2, -0.15) is 0 Å². The number of aromatic nitrogens is 1. The molecule has 38 heavy (non-hydrogen) atoms. The van der Waals surface area contributed by atoms with Gasteiger partial charge in [0.1, 0.15) is 11.3 Å². The lowest BCUT2D eigenvalue weighted by molar-refractivity contribution is -0.286. The van der Waals surface area contributed by atoms with Crippen LogP contribution >= 0.6 is 11.6 Å². The summed E-state index contributed by atoms with van der Waals surface area (Å²) in [6.45, 7) is 0.